The molecule has 1 saturated heterocycles. The second-order valence-corrected chi connectivity index (χ2v) is 31.0. The van der Waals surface area contributed by atoms with Gasteiger partial charge in [-0.1, -0.05) is 360 Å². The largest absolute Gasteiger partial charge is 0.378 e. The SMILES string of the molecule is CC(C)C1CCCC1.CC(C)C1CCCCC1.CC(C)C1CCCCCC1.CC(C)C1CCCCCCC1.CC(C)CC1CCCO1.CC(C)CCc1ccccc1.CC(C)Cc1ccccc1.CC(C)OCCc1ccccc1.CC(C)OCc1ccccc1. The fraction of sp³-hybridized carbons (Fsp3) is 0.727. The molecule has 4 aromatic carbocycles. The fourth-order valence-electron chi connectivity index (χ4n) is 13.0. The van der Waals surface area contributed by atoms with E-state index in [0.29, 0.717) is 18.3 Å². The van der Waals surface area contributed by atoms with Crippen LogP contribution in [0.5, 0.6) is 0 Å². The third kappa shape index (κ3) is 51.7. The summed E-state index contributed by atoms with van der Waals surface area (Å²) in [6, 6.07) is 41.9. The minimum Gasteiger partial charge on any atom is -0.378 e. The number of hydrogen-bond donors (Lipinski definition) is 0. The van der Waals surface area contributed by atoms with E-state index in [9.17, 15) is 0 Å². The predicted octanol–water partition coefficient (Wildman–Crippen LogP) is 27.3. The molecule has 4 aliphatic carbocycles. The average Bonchev–Trinajstić information content (AvgIpc) is 4.31. The molecule has 522 valence electrons. The van der Waals surface area contributed by atoms with Gasteiger partial charge in [0.05, 0.1) is 31.5 Å². The maximum atomic E-state index is 5.46. The molecule has 1 aliphatic heterocycles. The first-order valence-corrected chi connectivity index (χ1v) is 38.7. The lowest BCUT2D eigenvalue weighted by atomic mass is 9.82. The summed E-state index contributed by atoms with van der Waals surface area (Å²) in [6.07, 6.45) is 42.6. The summed E-state index contributed by atoms with van der Waals surface area (Å²) in [4.78, 5) is 0. The maximum absolute atomic E-state index is 5.46. The molecule has 0 aromatic heterocycles. The Hall–Kier alpha value is -3.24. The summed E-state index contributed by atoms with van der Waals surface area (Å²) in [5.74, 6) is 10.3. The van der Waals surface area contributed by atoms with Crippen LogP contribution >= 0.6 is 0 Å². The summed E-state index contributed by atoms with van der Waals surface area (Å²) in [5.41, 5.74) is 5.48. The van der Waals surface area contributed by atoms with Crippen LogP contribution in [0.1, 0.15) is 314 Å². The van der Waals surface area contributed by atoms with Gasteiger partial charge in [0.1, 0.15) is 0 Å². The lowest BCUT2D eigenvalue weighted by Crippen LogP contribution is -2.12. The van der Waals surface area contributed by atoms with Crippen molar-refractivity contribution in [2.75, 3.05) is 13.2 Å². The minimum atomic E-state index is 0.315. The molecule has 4 saturated carbocycles. The number of aryl methyl sites for hydroxylation is 1. The molecule has 9 rings (SSSR count). The average molecular weight is 1260 g/mol. The molecule has 5 aliphatic rings. The van der Waals surface area contributed by atoms with Crippen molar-refractivity contribution in [2.24, 2.45) is 65.1 Å². The highest BCUT2D eigenvalue weighted by Gasteiger charge is 2.19. The zero-order valence-corrected chi connectivity index (χ0v) is 63.5. The van der Waals surface area contributed by atoms with Gasteiger partial charge >= 0.3 is 0 Å². The zero-order chi connectivity index (χ0) is 67.3. The highest BCUT2D eigenvalue weighted by atomic mass is 16.5. The highest BCUT2D eigenvalue weighted by molar-refractivity contribution is 5.16. The van der Waals surface area contributed by atoms with Crippen molar-refractivity contribution in [1.82, 2.24) is 0 Å². The van der Waals surface area contributed by atoms with Crippen LogP contribution in [-0.4, -0.2) is 31.5 Å². The summed E-state index contributed by atoms with van der Waals surface area (Å²) < 4.78 is 16.3. The van der Waals surface area contributed by atoms with Gasteiger partial charge in [0.15, 0.2) is 0 Å². The topological polar surface area (TPSA) is 27.7 Å². The van der Waals surface area contributed by atoms with Gasteiger partial charge in [-0.2, -0.15) is 0 Å². The van der Waals surface area contributed by atoms with E-state index in [0.717, 1.165) is 91.3 Å². The van der Waals surface area contributed by atoms with Crippen molar-refractivity contribution in [3.8, 4) is 0 Å². The minimum absolute atomic E-state index is 0.315. The van der Waals surface area contributed by atoms with Gasteiger partial charge in [-0.25, -0.2) is 0 Å². The molecule has 3 nitrogen and oxygen atoms in total. The predicted molar refractivity (Wildman–Crippen MR) is 406 cm³/mol. The Kier molecular flexibility index (Phi) is 53.8. The van der Waals surface area contributed by atoms with E-state index >= 15 is 0 Å². The Morgan fingerprint density at radius 1 is 0.319 bits per heavy atom. The maximum Gasteiger partial charge on any atom is 0.0720 e. The van der Waals surface area contributed by atoms with Gasteiger partial charge in [-0.15, -0.1) is 0 Å². The van der Waals surface area contributed by atoms with Gasteiger partial charge in [0, 0.05) is 6.61 Å². The van der Waals surface area contributed by atoms with E-state index in [1.165, 1.54) is 202 Å². The van der Waals surface area contributed by atoms with Crippen LogP contribution in [0.2, 0.25) is 0 Å². The van der Waals surface area contributed by atoms with Crippen LogP contribution in [-0.2, 0) is 40.1 Å². The molecule has 1 unspecified atom stereocenters. The van der Waals surface area contributed by atoms with Crippen molar-refractivity contribution >= 4 is 0 Å². The molecule has 91 heavy (non-hydrogen) atoms. The van der Waals surface area contributed by atoms with E-state index in [4.69, 9.17) is 14.2 Å². The number of hydrogen-bond acceptors (Lipinski definition) is 3. The number of ether oxygens (including phenoxy) is 3. The monoisotopic (exact) mass is 1260 g/mol. The van der Waals surface area contributed by atoms with Gasteiger partial charge in [-0.3, -0.25) is 0 Å². The molecule has 0 N–H and O–H groups in total. The van der Waals surface area contributed by atoms with Crippen molar-refractivity contribution in [1.29, 1.82) is 0 Å². The van der Waals surface area contributed by atoms with Crippen LogP contribution in [0.15, 0.2) is 121 Å². The summed E-state index contributed by atoms with van der Waals surface area (Å²) in [6.45, 7) is 43.2. The van der Waals surface area contributed by atoms with Crippen LogP contribution in [0.4, 0.5) is 0 Å². The van der Waals surface area contributed by atoms with Crippen LogP contribution in [0, 0.1) is 65.1 Å². The van der Waals surface area contributed by atoms with E-state index in [-0.39, 0.29) is 0 Å². The smallest absolute Gasteiger partial charge is 0.0720 e. The molecular weight excluding hydrogens is 1100 g/mol. The normalized spacial score (nSPS) is 17.4. The first-order chi connectivity index (χ1) is 43.7. The van der Waals surface area contributed by atoms with Crippen molar-refractivity contribution in [3.05, 3.63) is 144 Å². The summed E-state index contributed by atoms with van der Waals surface area (Å²) >= 11 is 0. The Labute approximate surface area is 568 Å². The Bertz CT molecular complexity index is 2010. The standard InChI is InChI=1S/C11H16O.C11H16.C11H22.C10H14O.C10H14.C10H20.C9H18.C8H16O.C8H16/c1-10(2)12-9-8-11-6-4-3-5-7-11;1-10(2)8-9-11-6-4-3-5-7-11;1-10(2)11-8-6-4-3-5-7-9-11;1-9(2)11-8-10-6-4-3-5-7-10;1-9(2)8-10-6-4-3-5-7-10;1-9(2)10-7-5-3-4-6-8-10;1-8(2)9-6-4-3-5-7-9;1-7(2)6-8-4-3-5-9-8;1-7(2)8-5-3-4-6-8/h3-7,10H,8-9H2,1-2H3;3-7,10H,8-9H2,1-2H3;10-11H,3-9H2,1-2H3;3-7,9H,8H2,1-2H3;3-7,9H,8H2,1-2H3;9-10H,3-8H2,1-2H3;8-9H,3-7H2,1-2H3;7-8H,3-6H2,1-2H3;7-8H,3-6H2,1-2H3. The van der Waals surface area contributed by atoms with E-state index in [2.05, 4.69) is 208 Å². The van der Waals surface area contributed by atoms with Crippen molar-refractivity contribution in [2.45, 2.75) is 336 Å². The van der Waals surface area contributed by atoms with Crippen molar-refractivity contribution in [3.63, 3.8) is 0 Å². The van der Waals surface area contributed by atoms with Gasteiger partial charge < -0.3 is 14.2 Å². The fourth-order valence-corrected chi connectivity index (χ4v) is 13.0. The molecule has 0 spiro atoms. The van der Waals surface area contributed by atoms with Crippen LogP contribution in [0.3, 0.4) is 0 Å². The lowest BCUT2D eigenvalue weighted by Gasteiger charge is -2.24. The van der Waals surface area contributed by atoms with Gasteiger partial charge in [0.2, 0.25) is 0 Å². The molecule has 1 atom stereocenters. The second kappa shape index (κ2) is 57.0. The van der Waals surface area contributed by atoms with E-state index in [1.807, 2.05) is 38.1 Å². The second-order valence-electron chi connectivity index (χ2n) is 31.0. The Balaban J connectivity index is 0.000000513. The molecule has 5 fully saturated rings. The first-order valence-electron chi connectivity index (χ1n) is 38.7. The Morgan fingerprint density at radius 2 is 0.637 bits per heavy atom. The number of rotatable bonds is 18. The zero-order valence-electron chi connectivity index (χ0n) is 63.5. The van der Waals surface area contributed by atoms with Gasteiger partial charge in [-0.05, 0) is 160 Å². The third-order valence-corrected chi connectivity index (χ3v) is 19.1. The summed E-state index contributed by atoms with van der Waals surface area (Å²) in [5, 5.41) is 0. The lowest BCUT2D eigenvalue weighted by molar-refractivity contribution is 0.0657. The van der Waals surface area contributed by atoms with Gasteiger partial charge in [0.25, 0.3) is 0 Å². The Morgan fingerprint density at radius 3 is 0.945 bits per heavy atom. The molecule has 4 aromatic rings. The van der Waals surface area contributed by atoms with Crippen LogP contribution in [0.25, 0.3) is 0 Å². The van der Waals surface area contributed by atoms with E-state index in [1.54, 1.807) is 0 Å². The molecule has 0 bridgehead atoms. The quantitative estimate of drug-likeness (QED) is 0.0930. The summed E-state index contributed by atoms with van der Waals surface area (Å²) in [7, 11) is 0. The van der Waals surface area contributed by atoms with Crippen LogP contribution < -0.4 is 0 Å². The third-order valence-electron chi connectivity index (χ3n) is 19.1. The molecular formula is C88H152O3. The molecule has 3 heteroatoms. The molecule has 0 radical (unpaired) electrons. The molecule has 0 amide bonds. The van der Waals surface area contributed by atoms with Crippen molar-refractivity contribution < 1.29 is 14.2 Å². The van der Waals surface area contributed by atoms with E-state index < -0.39 is 0 Å². The number of benzene rings is 4. The highest BCUT2D eigenvalue weighted by Crippen LogP contribution is 2.32. The molecule has 1 heterocycles. The first kappa shape index (κ1) is 85.8.